The van der Waals surface area contributed by atoms with Crippen LogP contribution >= 0.6 is 11.3 Å². The van der Waals surface area contributed by atoms with E-state index >= 15 is 0 Å². The van der Waals surface area contributed by atoms with Crippen LogP contribution < -0.4 is 5.32 Å². The van der Waals surface area contributed by atoms with E-state index in [0.29, 0.717) is 6.54 Å². The number of hydrogen-bond donors (Lipinski definition) is 2. The Hall–Kier alpha value is -1.24. The Kier molecular flexibility index (Phi) is 4.68. The van der Waals surface area contributed by atoms with Crippen molar-refractivity contribution in [2.75, 3.05) is 6.61 Å². The highest BCUT2D eigenvalue weighted by molar-refractivity contribution is 7.11. The molecule has 104 valence electrons. The maximum absolute atomic E-state index is 8.99. The number of aliphatic hydroxyl groups excluding tert-OH is 1. The summed E-state index contributed by atoms with van der Waals surface area (Å²) in [4.78, 5) is 5.56. The third-order valence-electron chi connectivity index (χ3n) is 3.09. The van der Waals surface area contributed by atoms with Crippen LogP contribution in [-0.4, -0.2) is 26.5 Å². The molecule has 0 saturated heterocycles. The van der Waals surface area contributed by atoms with Crippen molar-refractivity contribution in [3.63, 3.8) is 0 Å². The zero-order valence-corrected chi connectivity index (χ0v) is 12.4. The van der Waals surface area contributed by atoms with Crippen LogP contribution in [0.15, 0.2) is 6.20 Å². The lowest BCUT2D eigenvalue weighted by molar-refractivity contribution is 0.267. The van der Waals surface area contributed by atoms with Crippen LogP contribution in [0, 0.1) is 20.8 Å². The Bertz CT molecular complexity index is 547. The summed E-state index contributed by atoms with van der Waals surface area (Å²) < 4.78 is 1.86. The summed E-state index contributed by atoms with van der Waals surface area (Å²) in [6.45, 7) is 8.34. The van der Waals surface area contributed by atoms with Gasteiger partial charge >= 0.3 is 0 Å². The highest BCUT2D eigenvalue weighted by atomic mass is 32.1. The lowest BCUT2D eigenvalue weighted by Crippen LogP contribution is -2.14. The van der Waals surface area contributed by atoms with Gasteiger partial charge in [-0.3, -0.25) is 4.68 Å². The van der Waals surface area contributed by atoms with E-state index in [1.807, 2.05) is 24.7 Å². The predicted octanol–water partition coefficient (Wildman–Crippen LogP) is 1.55. The van der Waals surface area contributed by atoms with E-state index in [1.54, 1.807) is 11.3 Å². The Morgan fingerprint density at radius 2 is 2.11 bits per heavy atom. The van der Waals surface area contributed by atoms with E-state index in [2.05, 4.69) is 22.3 Å². The van der Waals surface area contributed by atoms with Gasteiger partial charge in [0.1, 0.15) is 5.01 Å². The number of hydrogen-bond acceptors (Lipinski definition) is 5. The van der Waals surface area contributed by atoms with Gasteiger partial charge in [0.05, 0.1) is 18.8 Å². The van der Waals surface area contributed by atoms with Gasteiger partial charge in [-0.1, -0.05) is 0 Å². The molecule has 2 N–H and O–H groups in total. The number of aryl methyl sites for hydroxylation is 2. The first-order chi connectivity index (χ1) is 9.11. The normalized spacial score (nSPS) is 11.2. The number of nitrogens with zero attached hydrogens (tertiary/aromatic N) is 3. The maximum atomic E-state index is 8.99. The van der Waals surface area contributed by atoms with Gasteiger partial charge in [-0.05, 0) is 20.8 Å². The van der Waals surface area contributed by atoms with Gasteiger partial charge in [-0.15, -0.1) is 11.3 Å². The van der Waals surface area contributed by atoms with Crippen LogP contribution in [0.25, 0.3) is 0 Å². The van der Waals surface area contributed by atoms with Gasteiger partial charge in [0.2, 0.25) is 0 Å². The Labute approximate surface area is 117 Å². The van der Waals surface area contributed by atoms with Gasteiger partial charge in [0, 0.05) is 35.4 Å². The molecule has 0 aliphatic heterocycles. The molecule has 0 spiro atoms. The largest absolute Gasteiger partial charge is 0.394 e. The fourth-order valence-electron chi connectivity index (χ4n) is 2.08. The molecular formula is C13H20N4OS. The molecule has 0 amide bonds. The Morgan fingerprint density at radius 3 is 2.74 bits per heavy atom. The second-order valence-corrected chi connectivity index (χ2v) is 5.88. The molecule has 6 heteroatoms. The molecule has 0 aliphatic carbocycles. The van der Waals surface area contributed by atoms with Crippen LogP contribution in [0.1, 0.15) is 26.8 Å². The highest BCUT2D eigenvalue weighted by Crippen LogP contribution is 2.14. The first-order valence-electron chi connectivity index (χ1n) is 6.37. The van der Waals surface area contributed by atoms with E-state index in [4.69, 9.17) is 5.11 Å². The molecule has 19 heavy (non-hydrogen) atoms. The van der Waals surface area contributed by atoms with Crippen molar-refractivity contribution in [2.45, 2.75) is 40.4 Å². The third kappa shape index (κ3) is 3.40. The van der Waals surface area contributed by atoms with Crippen molar-refractivity contribution in [3.8, 4) is 0 Å². The summed E-state index contributed by atoms with van der Waals surface area (Å²) >= 11 is 1.72. The lowest BCUT2D eigenvalue weighted by atomic mass is 10.2. The lowest BCUT2D eigenvalue weighted by Gasteiger charge is -2.04. The summed E-state index contributed by atoms with van der Waals surface area (Å²) in [5.41, 5.74) is 3.35. The van der Waals surface area contributed by atoms with E-state index in [0.717, 1.165) is 29.5 Å². The Morgan fingerprint density at radius 1 is 1.32 bits per heavy atom. The summed E-state index contributed by atoms with van der Waals surface area (Å²) in [5.74, 6) is 0. The molecule has 0 aromatic carbocycles. The van der Waals surface area contributed by atoms with Crippen molar-refractivity contribution >= 4 is 11.3 Å². The van der Waals surface area contributed by atoms with Crippen molar-refractivity contribution in [2.24, 2.45) is 0 Å². The first kappa shape index (κ1) is 14.2. The quantitative estimate of drug-likeness (QED) is 0.842. The summed E-state index contributed by atoms with van der Waals surface area (Å²) in [7, 11) is 0. The van der Waals surface area contributed by atoms with Crippen LogP contribution in [0.3, 0.4) is 0 Å². The van der Waals surface area contributed by atoms with Crippen LogP contribution in [-0.2, 0) is 19.6 Å². The van der Waals surface area contributed by atoms with Crippen molar-refractivity contribution in [3.05, 3.63) is 33.0 Å². The number of thiazole rings is 1. The Balaban J connectivity index is 1.95. The zero-order valence-electron chi connectivity index (χ0n) is 11.6. The molecule has 2 heterocycles. The fraction of sp³-hybridized carbons (Fsp3) is 0.538. The molecular weight excluding hydrogens is 260 g/mol. The minimum absolute atomic E-state index is 0.118. The summed E-state index contributed by atoms with van der Waals surface area (Å²) in [6, 6.07) is 0. The van der Waals surface area contributed by atoms with Gasteiger partial charge < -0.3 is 10.4 Å². The van der Waals surface area contributed by atoms with Gasteiger partial charge in [-0.25, -0.2) is 4.98 Å². The van der Waals surface area contributed by atoms with Crippen molar-refractivity contribution in [1.29, 1.82) is 0 Å². The van der Waals surface area contributed by atoms with Crippen LogP contribution in [0.5, 0.6) is 0 Å². The number of rotatable bonds is 6. The predicted molar refractivity (Wildman–Crippen MR) is 76.2 cm³/mol. The van der Waals surface area contributed by atoms with Gasteiger partial charge in [0.15, 0.2) is 0 Å². The molecule has 2 aromatic rings. The third-order valence-corrected chi connectivity index (χ3v) is 4.00. The highest BCUT2D eigenvalue weighted by Gasteiger charge is 2.10. The smallest absolute Gasteiger partial charge is 0.107 e. The van der Waals surface area contributed by atoms with E-state index < -0.39 is 0 Å². The summed E-state index contributed by atoms with van der Waals surface area (Å²) in [6.07, 6.45) is 1.90. The van der Waals surface area contributed by atoms with Gasteiger partial charge in [0.25, 0.3) is 0 Å². The van der Waals surface area contributed by atoms with E-state index in [9.17, 15) is 0 Å². The van der Waals surface area contributed by atoms with E-state index in [-0.39, 0.29) is 6.61 Å². The van der Waals surface area contributed by atoms with Gasteiger partial charge in [-0.2, -0.15) is 5.10 Å². The minimum Gasteiger partial charge on any atom is -0.394 e. The van der Waals surface area contributed by atoms with Crippen LogP contribution in [0.4, 0.5) is 0 Å². The second-order valence-electron chi connectivity index (χ2n) is 4.56. The molecule has 0 unspecified atom stereocenters. The van der Waals surface area contributed by atoms with Crippen molar-refractivity contribution < 1.29 is 5.11 Å². The SMILES string of the molecule is Cc1cnc(CNCc2c(C)nn(CCO)c2C)s1. The molecule has 0 bridgehead atoms. The molecule has 0 aliphatic rings. The standard InChI is InChI=1S/C13H20N4OS/c1-9-6-15-13(19-9)8-14-7-12-10(2)16-17(4-5-18)11(12)3/h6,14,18H,4-5,7-8H2,1-3H3. The zero-order chi connectivity index (χ0) is 13.8. The fourth-order valence-corrected chi connectivity index (χ4v) is 2.84. The topological polar surface area (TPSA) is 63.0 Å². The molecule has 2 rings (SSSR count). The molecule has 0 saturated carbocycles. The molecule has 2 aromatic heterocycles. The van der Waals surface area contributed by atoms with Crippen molar-refractivity contribution in [1.82, 2.24) is 20.1 Å². The maximum Gasteiger partial charge on any atom is 0.107 e. The molecule has 0 radical (unpaired) electrons. The van der Waals surface area contributed by atoms with E-state index in [1.165, 1.54) is 10.4 Å². The first-order valence-corrected chi connectivity index (χ1v) is 7.19. The number of aromatic nitrogens is 3. The summed E-state index contributed by atoms with van der Waals surface area (Å²) in [5, 5.41) is 17.9. The average molecular weight is 280 g/mol. The molecule has 0 atom stereocenters. The molecule has 0 fully saturated rings. The number of aliphatic hydroxyl groups is 1. The van der Waals surface area contributed by atoms with Crippen LogP contribution in [0.2, 0.25) is 0 Å². The number of nitrogens with one attached hydrogen (secondary N) is 1. The average Bonchev–Trinajstić information content (AvgIpc) is 2.89. The molecule has 5 nitrogen and oxygen atoms in total. The second kappa shape index (κ2) is 6.27. The minimum atomic E-state index is 0.118. The monoisotopic (exact) mass is 280 g/mol.